The lowest BCUT2D eigenvalue weighted by Crippen LogP contribution is -2.19. The van der Waals surface area contributed by atoms with Crippen molar-refractivity contribution in [2.45, 2.75) is 39.7 Å². The van der Waals surface area contributed by atoms with E-state index in [-0.39, 0.29) is 12.0 Å². The molecular weight excluding hydrogens is 262 g/mol. The first kappa shape index (κ1) is 15.6. The summed E-state index contributed by atoms with van der Waals surface area (Å²) in [6, 6.07) is 8.06. The molecule has 0 aliphatic rings. The molecule has 1 atom stereocenters. The Balaban J connectivity index is 2.17. The molecule has 4 heteroatoms. The molecule has 0 aliphatic heterocycles. The molecule has 1 heterocycles. The summed E-state index contributed by atoms with van der Waals surface area (Å²) >= 11 is 0. The maximum absolute atomic E-state index is 5.84. The molecule has 0 bridgehead atoms. The van der Waals surface area contributed by atoms with E-state index in [0.717, 1.165) is 22.8 Å². The Morgan fingerprint density at radius 1 is 1.14 bits per heavy atom. The van der Waals surface area contributed by atoms with Crippen LogP contribution in [-0.4, -0.2) is 22.6 Å². The van der Waals surface area contributed by atoms with Crippen LogP contribution in [0.15, 0.2) is 30.5 Å². The topological polar surface area (TPSA) is 63.9 Å². The third kappa shape index (κ3) is 3.85. The molecule has 0 saturated carbocycles. The predicted molar refractivity (Wildman–Crippen MR) is 86.4 cm³/mol. The minimum atomic E-state index is 0.186. The lowest BCUT2D eigenvalue weighted by molar-refractivity contribution is 0.242. The number of benzene rings is 1. The third-order valence-corrected chi connectivity index (χ3v) is 3.54. The summed E-state index contributed by atoms with van der Waals surface area (Å²) in [6.07, 6.45) is 2.06. The smallest absolute Gasteiger partial charge is 0.119 e. The Morgan fingerprint density at radius 2 is 1.81 bits per heavy atom. The van der Waals surface area contributed by atoms with Crippen LogP contribution in [0.4, 0.5) is 0 Å². The summed E-state index contributed by atoms with van der Waals surface area (Å²) in [5.74, 6) is 2.58. The predicted octanol–water partition coefficient (Wildman–Crippen LogP) is 3.56. The molecule has 0 saturated heterocycles. The molecule has 0 fully saturated rings. The molecule has 0 radical (unpaired) electrons. The van der Waals surface area contributed by atoms with Crippen molar-refractivity contribution in [1.29, 1.82) is 0 Å². The van der Waals surface area contributed by atoms with Crippen LogP contribution >= 0.6 is 0 Å². The molecule has 1 aromatic carbocycles. The van der Waals surface area contributed by atoms with E-state index < -0.39 is 0 Å². The van der Waals surface area contributed by atoms with Crippen LogP contribution < -0.4 is 10.5 Å². The van der Waals surface area contributed by atoms with Gasteiger partial charge in [-0.1, -0.05) is 13.8 Å². The standard InChI is InChI=1S/C17H25N3O/c1-11(2)15(9-18)17-19-10-16(20-17)13-5-7-14(8-6-13)21-12(3)4/h5-8,10-12,15H,9,18H2,1-4H3,(H,19,20). The van der Waals surface area contributed by atoms with Crippen LogP contribution in [0.1, 0.15) is 39.4 Å². The van der Waals surface area contributed by atoms with Gasteiger partial charge >= 0.3 is 0 Å². The Morgan fingerprint density at radius 3 is 2.33 bits per heavy atom. The maximum Gasteiger partial charge on any atom is 0.119 e. The minimum absolute atomic E-state index is 0.186. The van der Waals surface area contributed by atoms with Gasteiger partial charge in [-0.15, -0.1) is 0 Å². The fourth-order valence-corrected chi connectivity index (χ4v) is 2.36. The number of hydrogen-bond donors (Lipinski definition) is 2. The van der Waals surface area contributed by atoms with Gasteiger partial charge in [0.1, 0.15) is 11.6 Å². The first-order chi connectivity index (χ1) is 10.0. The van der Waals surface area contributed by atoms with Crippen LogP contribution in [0, 0.1) is 5.92 Å². The number of ether oxygens (including phenoxy) is 1. The molecule has 3 N–H and O–H groups in total. The molecule has 1 unspecified atom stereocenters. The van der Waals surface area contributed by atoms with Gasteiger partial charge in [-0.05, 0) is 49.6 Å². The highest BCUT2D eigenvalue weighted by molar-refractivity contribution is 5.59. The van der Waals surface area contributed by atoms with Crippen molar-refractivity contribution in [3.05, 3.63) is 36.3 Å². The van der Waals surface area contributed by atoms with Gasteiger partial charge in [-0.2, -0.15) is 0 Å². The molecule has 21 heavy (non-hydrogen) atoms. The van der Waals surface area contributed by atoms with Crippen LogP contribution in [0.5, 0.6) is 5.75 Å². The number of rotatable bonds is 6. The quantitative estimate of drug-likeness (QED) is 0.853. The Hall–Kier alpha value is -1.81. The molecule has 114 valence electrons. The average Bonchev–Trinajstić information content (AvgIpc) is 2.89. The van der Waals surface area contributed by atoms with Crippen molar-refractivity contribution in [2.75, 3.05) is 6.54 Å². The molecule has 2 rings (SSSR count). The number of nitrogens with two attached hydrogens (primary N) is 1. The first-order valence-corrected chi connectivity index (χ1v) is 7.53. The van der Waals surface area contributed by atoms with E-state index >= 15 is 0 Å². The summed E-state index contributed by atoms with van der Waals surface area (Å²) in [7, 11) is 0. The molecule has 4 nitrogen and oxygen atoms in total. The summed E-state index contributed by atoms with van der Waals surface area (Å²) in [6.45, 7) is 8.98. The Bertz CT molecular complexity index is 558. The SMILES string of the molecule is CC(C)Oc1ccc(-c2cnc(C(CN)C(C)C)[nH]2)cc1. The molecule has 0 amide bonds. The van der Waals surface area contributed by atoms with Crippen molar-refractivity contribution < 1.29 is 4.74 Å². The van der Waals surface area contributed by atoms with Crippen molar-refractivity contribution in [1.82, 2.24) is 9.97 Å². The number of nitrogens with one attached hydrogen (secondary N) is 1. The number of H-pyrrole nitrogens is 1. The summed E-state index contributed by atoms with van der Waals surface area (Å²) in [5, 5.41) is 0. The maximum atomic E-state index is 5.84. The van der Waals surface area contributed by atoms with Gasteiger partial charge in [0, 0.05) is 12.5 Å². The average molecular weight is 287 g/mol. The number of imidazole rings is 1. The second-order valence-electron chi connectivity index (χ2n) is 5.96. The fourth-order valence-electron chi connectivity index (χ4n) is 2.36. The van der Waals surface area contributed by atoms with E-state index in [1.165, 1.54) is 0 Å². The largest absolute Gasteiger partial charge is 0.491 e. The summed E-state index contributed by atoms with van der Waals surface area (Å²) < 4.78 is 5.65. The number of aromatic nitrogens is 2. The zero-order chi connectivity index (χ0) is 15.4. The van der Waals surface area contributed by atoms with Crippen LogP contribution in [0.2, 0.25) is 0 Å². The van der Waals surface area contributed by atoms with E-state index in [1.807, 2.05) is 44.3 Å². The van der Waals surface area contributed by atoms with E-state index in [2.05, 4.69) is 23.8 Å². The van der Waals surface area contributed by atoms with Gasteiger partial charge in [0.05, 0.1) is 18.0 Å². The second kappa shape index (κ2) is 6.76. The van der Waals surface area contributed by atoms with Gasteiger partial charge in [0.15, 0.2) is 0 Å². The zero-order valence-corrected chi connectivity index (χ0v) is 13.3. The zero-order valence-electron chi connectivity index (χ0n) is 13.3. The van der Waals surface area contributed by atoms with Crippen LogP contribution in [-0.2, 0) is 0 Å². The third-order valence-electron chi connectivity index (χ3n) is 3.54. The first-order valence-electron chi connectivity index (χ1n) is 7.53. The minimum Gasteiger partial charge on any atom is -0.491 e. The summed E-state index contributed by atoms with van der Waals surface area (Å²) in [4.78, 5) is 7.88. The molecule has 0 aliphatic carbocycles. The number of nitrogens with zero attached hydrogens (tertiary/aromatic N) is 1. The van der Waals surface area contributed by atoms with Gasteiger partial charge in [0.2, 0.25) is 0 Å². The van der Waals surface area contributed by atoms with E-state index in [9.17, 15) is 0 Å². The van der Waals surface area contributed by atoms with Crippen molar-refractivity contribution in [2.24, 2.45) is 11.7 Å². The van der Waals surface area contributed by atoms with Gasteiger partial charge in [0.25, 0.3) is 0 Å². The molecule has 1 aromatic heterocycles. The highest BCUT2D eigenvalue weighted by Gasteiger charge is 2.17. The molecule has 0 spiro atoms. The lowest BCUT2D eigenvalue weighted by atomic mass is 9.95. The van der Waals surface area contributed by atoms with Crippen molar-refractivity contribution >= 4 is 0 Å². The van der Waals surface area contributed by atoms with E-state index in [1.54, 1.807) is 0 Å². The Labute approximate surface area is 126 Å². The normalized spacial score (nSPS) is 12.9. The monoisotopic (exact) mass is 287 g/mol. The van der Waals surface area contributed by atoms with Gasteiger partial charge in [-0.3, -0.25) is 0 Å². The lowest BCUT2D eigenvalue weighted by Gasteiger charge is -2.15. The fraction of sp³-hybridized carbons (Fsp3) is 0.471. The van der Waals surface area contributed by atoms with Crippen molar-refractivity contribution in [3.8, 4) is 17.0 Å². The van der Waals surface area contributed by atoms with Crippen LogP contribution in [0.3, 0.4) is 0 Å². The number of hydrogen-bond acceptors (Lipinski definition) is 3. The molecule has 2 aromatic rings. The highest BCUT2D eigenvalue weighted by Crippen LogP contribution is 2.25. The van der Waals surface area contributed by atoms with E-state index in [0.29, 0.717) is 12.5 Å². The van der Waals surface area contributed by atoms with Crippen molar-refractivity contribution in [3.63, 3.8) is 0 Å². The van der Waals surface area contributed by atoms with Gasteiger partial charge in [-0.25, -0.2) is 4.98 Å². The Kier molecular flexibility index (Phi) is 5.02. The van der Waals surface area contributed by atoms with Crippen LogP contribution in [0.25, 0.3) is 11.3 Å². The second-order valence-corrected chi connectivity index (χ2v) is 5.96. The number of aromatic amines is 1. The molecular formula is C17H25N3O. The highest BCUT2D eigenvalue weighted by atomic mass is 16.5. The summed E-state index contributed by atoms with van der Waals surface area (Å²) in [5.41, 5.74) is 7.96. The van der Waals surface area contributed by atoms with E-state index in [4.69, 9.17) is 10.5 Å². The van der Waals surface area contributed by atoms with Gasteiger partial charge < -0.3 is 15.5 Å².